The van der Waals surface area contributed by atoms with Crippen LogP contribution in [-0.2, 0) is 11.3 Å². The van der Waals surface area contributed by atoms with Gasteiger partial charge in [0.15, 0.2) is 0 Å². The van der Waals surface area contributed by atoms with Crippen LogP contribution in [0.3, 0.4) is 0 Å². The highest BCUT2D eigenvalue weighted by Gasteiger charge is 2.16. The molecule has 0 fully saturated rings. The van der Waals surface area contributed by atoms with Gasteiger partial charge in [0.25, 0.3) is 0 Å². The fraction of sp³-hybridized carbons (Fsp3) is 0.533. The number of nitrogens with one attached hydrogen (secondary N) is 1. The Kier molecular flexibility index (Phi) is 5.67. The molecule has 0 saturated heterocycles. The first-order valence-corrected chi connectivity index (χ1v) is 6.26. The molecule has 0 bridgehead atoms. The standard InChI is InChI=1S/C15H22N2O/c1-15(2,9-4-10-16)12-17-14-7-5-13(6-8-14)11-18-3/h5-8,17H,4,9,11-12H2,1-3H3. The van der Waals surface area contributed by atoms with Crippen LogP contribution in [0.4, 0.5) is 5.69 Å². The summed E-state index contributed by atoms with van der Waals surface area (Å²) < 4.78 is 5.08. The molecule has 18 heavy (non-hydrogen) atoms. The Morgan fingerprint density at radius 2 is 1.94 bits per heavy atom. The SMILES string of the molecule is COCc1ccc(NCC(C)(C)CCC#N)cc1. The molecule has 0 amide bonds. The van der Waals surface area contributed by atoms with Gasteiger partial charge in [-0.3, -0.25) is 0 Å². The second kappa shape index (κ2) is 7.03. The lowest BCUT2D eigenvalue weighted by Gasteiger charge is -2.24. The molecular formula is C15H22N2O. The Balaban J connectivity index is 2.45. The zero-order valence-corrected chi connectivity index (χ0v) is 11.5. The highest BCUT2D eigenvalue weighted by molar-refractivity contribution is 5.44. The van der Waals surface area contributed by atoms with E-state index in [0.29, 0.717) is 13.0 Å². The van der Waals surface area contributed by atoms with Crippen LogP contribution in [0, 0.1) is 16.7 Å². The second-order valence-electron chi connectivity index (χ2n) is 5.31. The predicted molar refractivity (Wildman–Crippen MR) is 74.3 cm³/mol. The number of benzene rings is 1. The van der Waals surface area contributed by atoms with Gasteiger partial charge in [0, 0.05) is 25.8 Å². The number of ether oxygens (including phenoxy) is 1. The van der Waals surface area contributed by atoms with Crippen molar-refractivity contribution in [2.24, 2.45) is 5.41 Å². The van der Waals surface area contributed by atoms with E-state index in [1.54, 1.807) is 7.11 Å². The Labute approximate surface area is 110 Å². The van der Waals surface area contributed by atoms with Crippen molar-refractivity contribution in [2.75, 3.05) is 19.0 Å². The molecule has 0 saturated carbocycles. The van der Waals surface area contributed by atoms with E-state index in [4.69, 9.17) is 10.00 Å². The van der Waals surface area contributed by atoms with Crippen LogP contribution in [-0.4, -0.2) is 13.7 Å². The zero-order chi connectivity index (χ0) is 13.4. The molecule has 0 unspecified atom stereocenters. The van der Waals surface area contributed by atoms with E-state index < -0.39 is 0 Å². The van der Waals surface area contributed by atoms with Crippen LogP contribution in [0.5, 0.6) is 0 Å². The smallest absolute Gasteiger partial charge is 0.0713 e. The first-order valence-electron chi connectivity index (χ1n) is 6.26. The van der Waals surface area contributed by atoms with Gasteiger partial charge in [0.2, 0.25) is 0 Å². The zero-order valence-electron chi connectivity index (χ0n) is 11.5. The topological polar surface area (TPSA) is 45.0 Å². The van der Waals surface area contributed by atoms with E-state index in [0.717, 1.165) is 18.7 Å². The minimum Gasteiger partial charge on any atom is -0.385 e. The third-order valence-electron chi connectivity index (χ3n) is 2.95. The van der Waals surface area contributed by atoms with Gasteiger partial charge >= 0.3 is 0 Å². The highest BCUT2D eigenvalue weighted by Crippen LogP contribution is 2.23. The van der Waals surface area contributed by atoms with Gasteiger partial charge in [-0.05, 0) is 29.5 Å². The second-order valence-corrected chi connectivity index (χ2v) is 5.31. The van der Waals surface area contributed by atoms with E-state index >= 15 is 0 Å². The maximum atomic E-state index is 8.61. The van der Waals surface area contributed by atoms with Gasteiger partial charge in [-0.2, -0.15) is 5.26 Å². The molecule has 1 aromatic rings. The van der Waals surface area contributed by atoms with Crippen LogP contribution in [0.1, 0.15) is 32.3 Å². The lowest BCUT2D eigenvalue weighted by Crippen LogP contribution is -2.22. The molecule has 3 nitrogen and oxygen atoms in total. The highest BCUT2D eigenvalue weighted by atomic mass is 16.5. The summed E-state index contributed by atoms with van der Waals surface area (Å²) in [5.41, 5.74) is 2.42. The molecule has 0 spiro atoms. The van der Waals surface area contributed by atoms with Crippen molar-refractivity contribution in [1.82, 2.24) is 0 Å². The average Bonchev–Trinajstić information content (AvgIpc) is 2.36. The molecule has 0 radical (unpaired) electrons. The van der Waals surface area contributed by atoms with Gasteiger partial charge in [0.1, 0.15) is 0 Å². The largest absolute Gasteiger partial charge is 0.385 e. The molecule has 1 N–H and O–H groups in total. The van der Waals surface area contributed by atoms with Gasteiger partial charge in [-0.25, -0.2) is 0 Å². The van der Waals surface area contributed by atoms with Crippen molar-refractivity contribution >= 4 is 5.69 Å². The molecule has 3 heteroatoms. The van der Waals surface area contributed by atoms with Crippen LogP contribution in [0.25, 0.3) is 0 Å². The van der Waals surface area contributed by atoms with Crippen LogP contribution in [0.2, 0.25) is 0 Å². The van der Waals surface area contributed by atoms with Crippen molar-refractivity contribution in [3.05, 3.63) is 29.8 Å². The van der Waals surface area contributed by atoms with Crippen LogP contribution in [0.15, 0.2) is 24.3 Å². The van der Waals surface area contributed by atoms with Crippen LogP contribution < -0.4 is 5.32 Å². The van der Waals surface area contributed by atoms with Gasteiger partial charge < -0.3 is 10.1 Å². The first-order chi connectivity index (χ1) is 8.57. The lowest BCUT2D eigenvalue weighted by atomic mass is 9.88. The number of rotatable bonds is 7. The molecule has 0 heterocycles. The third-order valence-corrected chi connectivity index (χ3v) is 2.95. The van der Waals surface area contributed by atoms with E-state index in [1.807, 2.05) is 0 Å². The molecule has 0 aliphatic rings. The van der Waals surface area contributed by atoms with Gasteiger partial charge in [-0.15, -0.1) is 0 Å². The number of hydrogen-bond acceptors (Lipinski definition) is 3. The predicted octanol–water partition coefficient (Wildman–Crippen LogP) is 3.57. The fourth-order valence-corrected chi connectivity index (χ4v) is 1.71. The summed E-state index contributed by atoms with van der Waals surface area (Å²) in [7, 11) is 1.70. The minimum atomic E-state index is 0.140. The normalized spacial score (nSPS) is 11.0. The van der Waals surface area contributed by atoms with Crippen molar-refractivity contribution in [3.63, 3.8) is 0 Å². The van der Waals surface area contributed by atoms with E-state index in [9.17, 15) is 0 Å². The summed E-state index contributed by atoms with van der Waals surface area (Å²) in [5, 5.41) is 12.0. The molecule has 0 aliphatic heterocycles. The third kappa shape index (κ3) is 5.20. The number of nitriles is 1. The average molecular weight is 246 g/mol. The summed E-state index contributed by atoms with van der Waals surface area (Å²) in [6.07, 6.45) is 1.53. The first kappa shape index (κ1) is 14.5. The summed E-state index contributed by atoms with van der Waals surface area (Å²) in [5.74, 6) is 0. The summed E-state index contributed by atoms with van der Waals surface area (Å²) in [6, 6.07) is 10.5. The van der Waals surface area contributed by atoms with E-state index in [2.05, 4.69) is 49.5 Å². The van der Waals surface area contributed by atoms with Gasteiger partial charge in [-0.1, -0.05) is 26.0 Å². The summed E-state index contributed by atoms with van der Waals surface area (Å²) in [4.78, 5) is 0. The number of anilines is 1. The Hall–Kier alpha value is -1.53. The summed E-state index contributed by atoms with van der Waals surface area (Å²) >= 11 is 0. The fourth-order valence-electron chi connectivity index (χ4n) is 1.71. The minimum absolute atomic E-state index is 0.140. The Morgan fingerprint density at radius 1 is 1.28 bits per heavy atom. The number of hydrogen-bond donors (Lipinski definition) is 1. The maximum Gasteiger partial charge on any atom is 0.0713 e. The summed E-state index contributed by atoms with van der Waals surface area (Å²) in [6.45, 7) is 5.87. The van der Waals surface area contributed by atoms with Crippen molar-refractivity contribution in [2.45, 2.75) is 33.3 Å². The monoisotopic (exact) mass is 246 g/mol. The molecule has 0 aliphatic carbocycles. The Bertz CT molecular complexity index is 390. The molecule has 0 atom stereocenters. The maximum absolute atomic E-state index is 8.61. The van der Waals surface area contributed by atoms with Crippen molar-refractivity contribution in [1.29, 1.82) is 5.26 Å². The van der Waals surface area contributed by atoms with Crippen LogP contribution >= 0.6 is 0 Å². The lowest BCUT2D eigenvalue weighted by molar-refractivity contribution is 0.185. The van der Waals surface area contributed by atoms with E-state index in [1.165, 1.54) is 5.56 Å². The van der Waals surface area contributed by atoms with Crippen molar-refractivity contribution in [3.8, 4) is 6.07 Å². The van der Waals surface area contributed by atoms with Gasteiger partial charge in [0.05, 0.1) is 12.7 Å². The molecular weight excluding hydrogens is 224 g/mol. The molecule has 1 rings (SSSR count). The molecule has 98 valence electrons. The molecule has 0 aromatic heterocycles. The van der Waals surface area contributed by atoms with Crippen molar-refractivity contribution < 1.29 is 4.74 Å². The number of nitrogens with zero attached hydrogens (tertiary/aromatic N) is 1. The quantitative estimate of drug-likeness (QED) is 0.800. The Morgan fingerprint density at radius 3 is 2.50 bits per heavy atom. The number of methoxy groups -OCH3 is 1. The van der Waals surface area contributed by atoms with E-state index in [-0.39, 0.29) is 5.41 Å². The molecule has 1 aromatic carbocycles.